The minimum absolute atomic E-state index is 0.325. The number of aryl methyl sites for hydroxylation is 1. The highest BCUT2D eigenvalue weighted by molar-refractivity contribution is 5.88. The molecule has 0 aliphatic heterocycles. The number of nitrogens with zero attached hydrogens (tertiary/aromatic N) is 1. The van der Waals surface area contributed by atoms with Crippen LogP contribution in [0.5, 0.6) is 0 Å². The van der Waals surface area contributed by atoms with Crippen molar-refractivity contribution in [1.82, 2.24) is 4.98 Å². The van der Waals surface area contributed by atoms with Crippen LogP contribution >= 0.6 is 0 Å². The maximum Gasteiger partial charge on any atom is 0.335 e. The molecule has 0 saturated heterocycles. The molecule has 20 heavy (non-hydrogen) atoms. The van der Waals surface area contributed by atoms with E-state index in [4.69, 9.17) is 0 Å². The molecule has 2 rings (SSSR count). The molecule has 1 aliphatic rings. The summed E-state index contributed by atoms with van der Waals surface area (Å²) in [6.07, 6.45) is 6.76. The zero-order chi connectivity index (χ0) is 14.6. The van der Waals surface area contributed by atoms with Crippen LogP contribution < -0.4 is 5.32 Å². The monoisotopic (exact) mass is 276 g/mol. The van der Waals surface area contributed by atoms with E-state index in [-0.39, 0.29) is 0 Å². The Balaban J connectivity index is 2.08. The SMILES string of the molecule is CCCc1cc(C(=O)O)cc(NCC2(CCC)CC2)n1. The van der Waals surface area contributed by atoms with Crippen LogP contribution in [-0.4, -0.2) is 22.6 Å². The summed E-state index contributed by atoms with van der Waals surface area (Å²) in [5.41, 5.74) is 1.61. The van der Waals surface area contributed by atoms with Crippen molar-refractivity contribution in [2.24, 2.45) is 5.41 Å². The maximum absolute atomic E-state index is 11.2. The van der Waals surface area contributed by atoms with Gasteiger partial charge in [-0.2, -0.15) is 0 Å². The van der Waals surface area contributed by atoms with Gasteiger partial charge >= 0.3 is 5.97 Å². The first-order valence-corrected chi connectivity index (χ1v) is 7.57. The van der Waals surface area contributed by atoms with Crippen molar-refractivity contribution in [3.8, 4) is 0 Å². The normalized spacial score (nSPS) is 15.9. The largest absolute Gasteiger partial charge is 0.478 e. The van der Waals surface area contributed by atoms with E-state index in [0.717, 1.165) is 25.1 Å². The summed E-state index contributed by atoms with van der Waals surface area (Å²) in [5, 5.41) is 12.5. The highest BCUT2D eigenvalue weighted by atomic mass is 16.4. The fourth-order valence-electron chi connectivity index (χ4n) is 2.69. The summed E-state index contributed by atoms with van der Waals surface area (Å²) in [6, 6.07) is 3.32. The third-order valence-corrected chi connectivity index (χ3v) is 4.01. The fraction of sp³-hybridized carbons (Fsp3) is 0.625. The van der Waals surface area contributed by atoms with Gasteiger partial charge in [0.1, 0.15) is 5.82 Å². The van der Waals surface area contributed by atoms with Crippen LogP contribution in [0.3, 0.4) is 0 Å². The van der Waals surface area contributed by atoms with Crippen molar-refractivity contribution < 1.29 is 9.90 Å². The molecule has 110 valence electrons. The molecule has 1 saturated carbocycles. The van der Waals surface area contributed by atoms with Crippen LogP contribution in [0.2, 0.25) is 0 Å². The average molecular weight is 276 g/mol. The molecule has 4 nitrogen and oxygen atoms in total. The number of pyridine rings is 1. The van der Waals surface area contributed by atoms with Crippen LogP contribution in [0, 0.1) is 5.41 Å². The molecule has 0 unspecified atom stereocenters. The Bertz CT molecular complexity index is 481. The van der Waals surface area contributed by atoms with E-state index in [1.165, 1.54) is 25.7 Å². The van der Waals surface area contributed by atoms with Crippen molar-refractivity contribution in [1.29, 1.82) is 0 Å². The van der Waals surface area contributed by atoms with Crippen molar-refractivity contribution >= 4 is 11.8 Å². The van der Waals surface area contributed by atoms with Crippen LogP contribution in [0.4, 0.5) is 5.82 Å². The number of carboxylic acids is 1. The summed E-state index contributed by atoms with van der Waals surface area (Å²) in [4.78, 5) is 15.7. The summed E-state index contributed by atoms with van der Waals surface area (Å²) in [5.74, 6) is -0.182. The second kappa shape index (κ2) is 6.25. The minimum Gasteiger partial charge on any atom is -0.478 e. The van der Waals surface area contributed by atoms with Gasteiger partial charge in [0.2, 0.25) is 0 Å². The number of aromatic carboxylic acids is 1. The fourth-order valence-corrected chi connectivity index (χ4v) is 2.69. The Morgan fingerprint density at radius 1 is 1.35 bits per heavy atom. The van der Waals surface area contributed by atoms with Gasteiger partial charge in [-0.3, -0.25) is 0 Å². The van der Waals surface area contributed by atoms with E-state index in [2.05, 4.69) is 24.1 Å². The molecule has 1 aliphatic carbocycles. The number of hydrogen-bond acceptors (Lipinski definition) is 3. The standard InChI is InChI=1S/C16H24N2O2/c1-3-5-13-9-12(15(19)20)10-14(18-13)17-11-16(6-4-2)7-8-16/h9-10H,3-8,11H2,1-2H3,(H,17,18)(H,19,20). The molecule has 1 aromatic heterocycles. The van der Waals surface area contributed by atoms with Crippen molar-refractivity contribution in [3.63, 3.8) is 0 Å². The van der Waals surface area contributed by atoms with Gasteiger partial charge in [0.25, 0.3) is 0 Å². The number of nitrogens with one attached hydrogen (secondary N) is 1. The topological polar surface area (TPSA) is 62.2 Å². The molecular weight excluding hydrogens is 252 g/mol. The first-order valence-electron chi connectivity index (χ1n) is 7.57. The van der Waals surface area contributed by atoms with E-state index in [0.29, 0.717) is 16.8 Å². The quantitative estimate of drug-likeness (QED) is 0.759. The summed E-state index contributed by atoms with van der Waals surface area (Å²) >= 11 is 0. The smallest absolute Gasteiger partial charge is 0.335 e. The highest BCUT2D eigenvalue weighted by Crippen LogP contribution is 2.49. The number of carbonyl (C=O) groups is 1. The molecule has 4 heteroatoms. The molecule has 1 fully saturated rings. The second-order valence-electron chi connectivity index (χ2n) is 5.89. The van der Waals surface area contributed by atoms with Crippen molar-refractivity contribution in [3.05, 3.63) is 23.4 Å². The summed E-state index contributed by atoms with van der Waals surface area (Å²) in [6.45, 7) is 5.19. The van der Waals surface area contributed by atoms with E-state index >= 15 is 0 Å². The first kappa shape index (κ1) is 14.8. The van der Waals surface area contributed by atoms with Gasteiger partial charge in [-0.15, -0.1) is 0 Å². The number of anilines is 1. The van der Waals surface area contributed by atoms with Crippen molar-refractivity contribution in [2.75, 3.05) is 11.9 Å². The Morgan fingerprint density at radius 3 is 2.65 bits per heavy atom. The lowest BCUT2D eigenvalue weighted by Crippen LogP contribution is -2.16. The third kappa shape index (κ3) is 3.71. The van der Waals surface area contributed by atoms with E-state index < -0.39 is 5.97 Å². The minimum atomic E-state index is -0.887. The maximum atomic E-state index is 11.2. The third-order valence-electron chi connectivity index (χ3n) is 4.01. The van der Waals surface area contributed by atoms with E-state index in [9.17, 15) is 9.90 Å². The van der Waals surface area contributed by atoms with Gasteiger partial charge < -0.3 is 10.4 Å². The van der Waals surface area contributed by atoms with Crippen molar-refractivity contribution in [2.45, 2.75) is 52.4 Å². The lowest BCUT2D eigenvalue weighted by atomic mass is 10.0. The molecule has 0 aromatic carbocycles. The summed E-state index contributed by atoms with van der Waals surface area (Å²) < 4.78 is 0. The molecular formula is C16H24N2O2. The Kier molecular flexibility index (Phi) is 4.63. The molecule has 2 N–H and O–H groups in total. The van der Waals surface area contributed by atoms with Gasteiger partial charge in [0.05, 0.1) is 5.56 Å². The molecule has 1 heterocycles. The zero-order valence-electron chi connectivity index (χ0n) is 12.4. The molecule has 0 amide bonds. The molecule has 1 aromatic rings. The zero-order valence-corrected chi connectivity index (χ0v) is 12.4. The summed E-state index contributed by atoms with van der Waals surface area (Å²) in [7, 11) is 0. The van der Waals surface area contributed by atoms with Gasteiger partial charge in [-0.25, -0.2) is 9.78 Å². The number of hydrogen-bond donors (Lipinski definition) is 2. The lowest BCUT2D eigenvalue weighted by molar-refractivity contribution is 0.0696. The molecule has 0 atom stereocenters. The van der Waals surface area contributed by atoms with Gasteiger partial charge in [-0.05, 0) is 43.2 Å². The van der Waals surface area contributed by atoms with Crippen LogP contribution in [0.15, 0.2) is 12.1 Å². The average Bonchev–Trinajstić information content (AvgIpc) is 3.17. The molecule has 0 spiro atoms. The highest BCUT2D eigenvalue weighted by Gasteiger charge is 2.41. The van der Waals surface area contributed by atoms with Crippen LogP contribution in [0.1, 0.15) is 62.0 Å². The van der Waals surface area contributed by atoms with Gasteiger partial charge in [0, 0.05) is 12.2 Å². The van der Waals surface area contributed by atoms with Gasteiger partial charge in [-0.1, -0.05) is 26.7 Å². The van der Waals surface area contributed by atoms with Crippen LogP contribution in [0.25, 0.3) is 0 Å². The number of aromatic nitrogens is 1. The number of rotatable bonds is 8. The second-order valence-corrected chi connectivity index (χ2v) is 5.89. The molecule has 0 bridgehead atoms. The number of carboxylic acid groups (broad SMARTS) is 1. The van der Waals surface area contributed by atoms with E-state index in [1.54, 1.807) is 12.1 Å². The molecule has 0 radical (unpaired) electrons. The predicted molar refractivity (Wildman–Crippen MR) is 80.3 cm³/mol. The van der Waals surface area contributed by atoms with Crippen LogP contribution in [-0.2, 0) is 6.42 Å². The Morgan fingerprint density at radius 2 is 2.10 bits per heavy atom. The first-order chi connectivity index (χ1) is 9.58. The van der Waals surface area contributed by atoms with Gasteiger partial charge in [0.15, 0.2) is 0 Å². The predicted octanol–water partition coefficient (Wildman–Crippen LogP) is 3.72. The van der Waals surface area contributed by atoms with E-state index in [1.807, 2.05) is 0 Å². The Labute approximate surface area is 120 Å². The lowest BCUT2D eigenvalue weighted by Gasteiger charge is -2.16. The Hall–Kier alpha value is -1.58.